The highest BCUT2D eigenvalue weighted by Crippen LogP contribution is 2.58. The number of aliphatic carboxylic acids is 3. The lowest BCUT2D eigenvalue weighted by atomic mass is 9.66. The van der Waals surface area contributed by atoms with E-state index in [0.29, 0.717) is 22.2 Å². The summed E-state index contributed by atoms with van der Waals surface area (Å²) in [7, 11) is 0. The SMILES string of the molecule is Cc1ccc([C@@H]2c3sc(=O)[nH]c3S[C@H](C(=O)O)[C@]2(CC(=O)O)C(=O)O)cc1. The van der Waals surface area contributed by atoms with Crippen LogP contribution in [0, 0.1) is 12.3 Å². The maximum absolute atomic E-state index is 12.4. The van der Waals surface area contributed by atoms with Gasteiger partial charge in [-0.1, -0.05) is 52.9 Å². The summed E-state index contributed by atoms with van der Waals surface area (Å²) < 4.78 is 0. The maximum atomic E-state index is 12.4. The van der Waals surface area contributed by atoms with E-state index in [9.17, 15) is 34.5 Å². The van der Waals surface area contributed by atoms with Crippen LogP contribution in [-0.2, 0) is 14.4 Å². The number of hydrogen-bond acceptors (Lipinski definition) is 6. The number of carboxylic acids is 3. The van der Waals surface area contributed by atoms with E-state index in [-0.39, 0.29) is 5.03 Å². The molecule has 0 saturated heterocycles. The molecule has 0 spiro atoms. The first-order valence-electron chi connectivity index (χ1n) is 7.81. The maximum Gasteiger partial charge on any atom is 0.318 e. The van der Waals surface area contributed by atoms with Crippen molar-refractivity contribution in [1.29, 1.82) is 0 Å². The molecule has 0 bridgehead atoms. The summed E-state index contributed by atoms with van der Waals surface area (Å²) >= 11 is 1.45. The van der Waals surface area contributed by atoms with Gasteiger partial charge in [-0.15, -0.1) is 0 Å². The van der Waals surface area contributed by atoms with E-state index in [2.05, 4.69) is 4.98 Å². The number of thioether (sulfide) groups is 1. The van der Waals surface area contributed by atoms with Gasteiger partial charge in [0.05, 0.1) is 11.4 Å². The van der Waals surface area contributed by atoms with E-state index in [1.807, 2.05) is 6.92 Å². The second kappa shape index (κ2) is 6.86. The summed E-state index contributed by atoms with van der Waals surface area (Å²) in [5, 5.41) is 27.9. The van der Waals surface area contributed by atoms with Crippen LogP contribution in [0.1, 0.15) is 28.3 Å². The van der Waals surface area contributed by atoms with E-state index in [4.69, 9.17) is 0 Å². The van der Waals surface area contributed by atoms with Gasteiger partial charge in [0.1, 0.15) is 10.7 Å². The second-order valence-corrected chi connectivity index (χ2v) is 8.43. The monoisotopic (exact) mass is 409 g/mol. The Morgan fingerprint density at radius 2 is 1.78 bits per heavy atom. The summed E-state index contributed by atoms with van der Waals surface area (Å²) in [5.41, 5.74) is -0.803. The van der Waals surface area contributed by atoms with Gasteiger partial charge in [0, 0.05) is 10.8 Å². The van der Waals surface area contributed by atoms with Gasteiger partial charge >= 0.3 is 22.8 Å². The molecular formula is C17H15NO7S2. The lowest BCUT2D eigenvalue weighted by Gasteiger charge is -2.43. The van der Waals surface area contributed by atoms with Gasteiger partial charge in [-0.05, 0) is 12.5 Å². The van der Waals surface area contributed by atoms with Crippen LogP contribution in [0.2, 0.25) is 0 Å². The molecule has 27 heavy (non-hydrogen) atoms. The van der Waals surface area contributed by atoms with Gasteiger partial charge in [0.2, 0.25) is 0 Å². The molecule has 3 rings (SSSR count). The van der Waals surface area contributed by atoms with Gasteiger partial charge in [-0.25, -0.2) is 0 Å². The van der Waals surface area contributed by atoms with E-state index >= 15 is 0 Å². The lowest BCUT2D eigenvalue weighted by molar-refractivity contribution is -0.161. The summed E-state index contributed by atoms with van der Waals surface area (Å²) in [4.78, 5) is 50.2. The summed E-state index contributed by atoms with van der Waals surface area (Å²) in [6.07, 6.45) is -0.892. The molecule has 0 radical (unpaired) electrons. The Labute approximate surface area is 160 Å². The van der Waals surface area contributed by atoms with Crippen molar-refractivity contribution in [3.05, 3.63) is 49.9 Å². The lowest BCUT2D eigenvalue weighted by Crippen LogP contribution is -2.52. The zero-order valence-corrected chi connectivity index (χ0v) is 15.6. The quantitative estimate of drug-likeness (QED) is 0.587. The van der Waals surface area contributed by atoms with Crippen molar-refractivity contribution in [2.45, 2.75) is 29.5 Å². The number of benzene rings is 1. The molecule has 3 atom stereocenters. The predicted molar refractivity (Wildman–Crippen MR) is 97.6 cm³/mol. The second-order valence-electron chi connectivity index (χ2n) is 6.30. The molecule has 0 saturated carbocycles. The molecule has 142 valence electrons. The minimum Gasteiger partial charge on any atom is -0.481 e. The minimum absolute atomic E-state index is 0.269. The third-order valence-electron chi connectivity index (χ3n) is 4.60. The molecule has 10 heteroatoms. The van der Waals surface area contributed by atoms with Crippen LogP contribution in [0.3, 0.4) is 0 Å². The molecule has 2 aromatic rings. The highest BCUT2D eigenvalue weighted by molar-refractivity contribution is 8.00. The molecular weight excluding hydrogens is 394 g/mol. The van der Waals surface area contributed by atoms with E-state index in [0.717, 1.165) is 16.9 Å². The first-order chi connectivity index (χ1) is 12.7. The van der Waals surface area contributed by atoms with Crippen molar-refractivity contribution >= 4 is 41.0 Å². The Morgan fingerprint density at radius 1 is 1.15 bits per heavy atom. The summed E-state index contributed by atoms with van der Waals surface area (Å²) in [6.45, 7) is 1.84. The normalized spacial score (nSPS) is 24.2. The van der Waals surface area contributed by atoms with Crippen LogP contribution >= 0.6 is 23.1 Å². The topological polar surface area (TPSA) is 145 Å². The molecule has 0 unspecified atom stereocenters. The molecule has 8 nitrogen and oxygen atoms in total. The number of hydrogen-bond donors (Lipinski definition) is 4. The van der Waals surface area contributed by atoms with Gasteiger partial charge in [-0.3, -0.25) is 19.2 Å². The molecule has 1 aromatic carbocycles. The average Bonchev–Trinajstić information content (AvgIpc) is 2.94. The Balaban J connectivity index is 2.37. The molecule has 1 aliphatic rings. The van der Waals surface area contributed by atoms with Crippen LogP contribution < -0.4 is 4.87 Å². The summed E-state index contributed by atoms with van der Waals surface area (Å²) in [5.74, 6) is -5.49. The van der Waals surface area contributed by atoms with Crippen molar-refractivity contribution < 1.29 is 29.7 Å². The zero-order valence-electron chi connectivity index (χ0n) is 14.0. The standard InChI is InChI=1S/C17H15NO7S2/c1-7-2-4-8(5-3-7)10-11-13(18-16(25)26-11)27-12(14(21)22)17(10,15(23)24)6-9(19)20/h2-5,10,12H,6H2,1H3,(H,18,25)(H,19,20)(H,21,22)(H,23,24)/t10-,12-,17-/m1/s1. The number of carbonyl (C=O) groups is 3. The van der Waals surface area contributed by atoms with E-state index in [1.54, 1.807) is 24.3 Å². The van der Waals surface area contributed by atoms with Crippen molar-refractivity contribution in [3.8, 4) is 0 Å². The van der Waals surface area contributed by atoms with Crippen molar-refractivity contribution in [2.24, 2.45) is 5.41 Å². The molecule has 0 amide bonds. The number of nitrogens with one attached hydrogen (secondary N) is 1. The third kappa shape index (κ3) is 3.15. The van der Waals surface area contributed by atoms with Crippen LogP contribution in [0.5, 0.6) is 0 Å². The number of rotatable bonds is 5. The average molecular weight is 409 g/mol. The van der Waals surface area contributed by atoms with Gasteiger partial charge < -0.3 is 20.3 Å². The molecule has 4 N–H and O–H groups in total. The number of fused-ring (bicyclic) bond motifs is 1. The fourth-order valence-corrected chi connectivity index (χ4v) is 5.99. The van der Waals surface area contributed by atoms with E-state index < -0.39 is 45.8 Å². The molecule has 1 aromatic heterocycles. The Bertz CT molecular complexity index is 978. The van der Waals surface area contributed by atoms with Crippen molar-refractivity contribution in [2.75, 3.05) is 0 Å². The number of carboxylic acid groups (broad SMARTS) is 3. The number of H-pyrrole nitrogens is 1. The fourth-order valence-electron chi connectivity index (χ4n) is 3.45. The highest BCUT2D eigenvalue weighted by atomic mass is 32.2. The predicted octanol–water partition coefficient (Wildman–Crippen LogP) is 1.98. The molecule has 0 aliphatic carbocycles. The smallest absolute Gasteiger partial charge is 0.318 e. The number of thiazole rings is 1. The van der Waals surface area contributed by atoms with E-state index in [1.165, 1.54) is 0 Å². The van der Waals surface area contributed by atoms with Crippen LogP contribution in [0.25, 0.3) is 0 Å². The van der Waals surface area contributed by atoms with Crippen LogP contribution in [0.4, 0.5) is 0 Å². The first-order valence-corrected chi connectivity index (χ1v) is 9.50. The largest absolute Gasteiger partial charge is 0.481 e. The fraction of sp³-hybridized carbons (Fsp3) is 0.294. The van der Waals surface area contributed by atoms with Gasteiger partial charge in [0.25, 0.3) is 0 Å². The van der Waals surface area contributed by atoms with Crippen molar-refractivity contribution in [1.82, 2.24) is 4.98 Å². The first kappa shape index (κ1) is 19.2. The Morgan fingerprint density at radius 3 is 2.30 bits per heavy atom. The van der Waals surface area contributed by atoms with Crippen LogP contribution in [0.15, 0.2) is 34.1 Å². The molecule has 2 heterocycles. The van der Waals surface area contributed by atoms with Gasteiger partial charge in [-0.2, -0.15) is 0 Å². The third-order valence-corrected chi connectivity index (χ3v) is 7.09. The molecule has 0 fully saturated rings. The van der Waals surface area contributed by atoms with Crippen molar-refractivity contribution in [3.63, 3.8) is 0 Å². The zero-order chi connectivity index (χ0) is 19.9. The Kier molecular flexibility index (Phi) is 4.87. The van der Waals surface area contributed by atoms with Gasteiger partial charge in [0.15, 0.2) is 0 Å². The number of aromatic nitrogens is 1. The number of aromatic amines is 1. The van der Waals surface area contributed by atoms with Crippen LogP contribution in [-0.4, -0.2) is 43.5 Å². The Hall–Kier alpha value is -2.59. The highest BCUT2D eigenvalue weighted by Gasteiger charge is 2.61. The molecule has 1 aliphatic heterocycles. The summed E-state index contributed by atoms with van der Waals surface area (Å²) in [6, 6.07) is 6.75. The minimum atomic E-state index is -2.16. The number of aryl methyl sites for hydroxylation is 1.